The van der Waals surface area contributed by atoms with E-state index in [2.05, 4.69) is 15.9 Å². The molecule has 1 unspecified atom stereocenters. The lowest BCUT2D eigenvalue weighted by Crippen LogP contribution is -2.38. The maximum Gasteiger partial charge on any atom is 0.310 e. The number of rotatable bonds is 10. The molecule has 0 aliphatic heterocycles. The molecular formula is C19H28BrNO5. The third kappa shape index (κ3) is 6.20. The molecule has 7 heteroatoms. The highest BCUT2D eigenvalue weighted by Gasteiger charge is 2.22. The van der Waals surface area contributed by atoms with Crippen molar-refractivity contribution < 1.29 is 23.8 Å². The molecule has 1 aromatic rings. The van der Waals surface area contributed by atoms with Crippen LogP contribution in [0.2, 0.25) is 0 Å². The van der Waals surface area contributed by atoms with Crippen molar-refractivity contribution in [2.45, 2.75) is 34.1 Å². The van der Waals surface area contributed by atoms with E-state index in [1.165, 1.54) is 7.11 Å². The summed E-state index contributed by atoms with van der Waals surface area (Å²) in [4.78, 5) is 26.0. The fourth-order valence-electron chi connectivity index (χ4n) is 2.54. The molecule has 0 aliphatic rings. The first-order chi connectivity index (χ1) is 12.4. The van der Waals surface area contributed by atoms with Gasteiger partial charge in [-0.25, -0.2) is 0 Å². The van der Waals surface area contributed by atoms with Gasteiger partial charge < -0.3 is 19.1 Å². The van der Waals surface area contributed by atoms with Crippen LogP contribution in [-0.4, -0.2) is 50.2 Å². The third-order valence-corrected chi connectivity index (χ3v) is 4.62. The zero-order valence-electron chi connectivity index (χ0n) is 16.1. The number of nitrogens with zero attached hydrogens (tertiary/aromatic N) is 1. The third-order valence-electron chi connectivity index (χ3n) is 3.89. The Balaban J connectivity index is 2.95. The molecule has 0 heterocycles. The highest BCUT2D eigenvalue weighted by atomic mass is 79.9. The maximum atomic E-state index is 12.7. The second kappa shape index (κ2) is 11.1. The summed E-state index contributed by atoms with van der Waals surface area (Å²) in [5.74, 6) is 0.509. The van der Waals surface area contributed by atoms with Crippen molar-refractivity contribution in [1.29, 1.82) is 0 Å². The molecule has 0 fully saturated rings. The van der Waals surface area contributed by atoms with E-state index in [0.29, 0.717) is 37.8 Å². The van der Waals surface area contributed by atoms with Crippen LogP contribution in [0.5, 0.6) is 11.5 Å². The van der Waals surface area contributed by atoms with Gasteiger partial charge in [0, 0.05) is 17.6 Å². The van der Waals surface area contributed by atoms with Crippen molar-refractivity contribution in [2.24, 2.45) is 5.92 Å². The van der Waals surface area contributed by atoms with Gasteiger partial charge in [0.1, 0.15) is 0 Å². The molecule has 1 rings (SSSR count). The van der Waals surface area contributed by atoms with Gasteiger partial charge in [-0.05, 0) is 38.5 Å². The van der Waals surface area contributed by atoms with E-state index in [1.807, 2.05) is 32.9 Å². The Kier molecular flexibility index (Phi) is 9.48. The van der Waals surface area contributed by atoms with Crippen molar-refractivity contribution in [1.82, 2.24) is 4.90 Å². The van der Waals surface area contributed by atoms with Crippen LogP contribution < -0.4 is 9.47 Å². The molecule has 0 saturated heterocycles. The Morgan fingerprint density at radius 2 is 1.69 bits per heavy atom. The van der Waals surface area contributed by atoms with Gasteiger partial charge in [0.2, 0.25) is 5.91 Å². The number of hydrogen-bond acceptors (Lipinski definition) is 5. The fourth-order valence-corrected chi connectivity index (χ4v) is 3.00. The minimum atomic E-state index is -0.369. The molecule has 26 heavy (non-hydrogen) atoms. The van der Waals surface area contributed by atoms with Gasteiger partial charge in [-0.15, -0.1) is 0 Å². The Morgan fingerprint density at radius 3 is 2.19 bits per heavy atom. The van der Waals surface area contributed by atoms with Gasteiger partial charge in [-0.3, -0.25) is 9.59 Å². The standard InChI is InChI=1S/C19H28BrNO5/c1-6-21(12-13(4)19(23)24-5)18(22)10-14-9-16(25-7-2)17(26-8-3)11-15(14)20/h9,11,13H,6-8,10,12H2,1-5H3. The van der Waals surface area contributed by atoms with Crippen LogP contribution >= 0.6 is 15.9 Å². The van der Waals surface area contributed by atoms with Crippen LogP contribution in [0, 0.1) is 5.92 Å². The predicted molar refractivity (Wildman–Crippen MR) is 104 cm³/mol. The van der Waals surface area contributed by atoms with E-state index in [-0.39, 0.29) is 24.2 Å². The zero-order chi connectivity index (χ0) is 19.7. The van der Waals surface area contributed by atoms with Crippen molar-refractivity contribution in [3.8, 4) is 11.5 Å². The number of amides is 1. The van der Waals surface area contributed by atoms with Crippen molar-refractivity contribution in [2.75, 3.05) is 33.4 Å². The van der Waals surface area contributed by atoms with Gasteiger partial charge in [-0.2, -0.15) is 0 Å². The topological polar surface area (TPSA) is 65.1 Å². The lowest BCUT2D eigenvalue weighted by atomic mass is 10.1. The number of esters is 1. The van der Waals surface area contributed by atoms with E-state index in [9.17, 15) is 9.59 Å². The number of ether oxygens (including phenoxy) is 3. The molecule has 0 saturated carbocycles. The number of hydrogen-bond donors (Lipinski definition) is 0. The summed E-state index contributed by atoms with van der Waals surface area (Å²) in [6.45, 7) is 9.33. The SMILES string of the molecule is CCOc1cc(Br)c(CC(=O)N(CC)CC(C)C(=O)OC)cc1OCC. The molecule has 0 spiro atoms. The number of carbonyl (C=O) groups is 2. The monoisotopic (exact) mass is 429 g/mol. The second-order valence-electron chi connectivity index (χ2n) is 5.79. The summed E-state index contributed by atoms with van der Waals surface area (Å²) in [6.07, 6.45) is 0.203. The second-order valence-corrected chi connectivity index (χ2v) is 6.64. The summed E-state index contributed by atoms with van der Waals surface area (Å²) in [5, 5.41) is 0. The molecule has 0 aliphatic carbocycles. The molecule has 0 N–H and O–H groups in total. The molecule has 146 valence electrons. The lowest BCUT2D eigenvalue weighted by Gasteiger charge is -2.24. The van der Waals surface area contributed by atoms with E-state index >= 15 is 0 Å². The number of methoxy groups -OCH3 is 1. The maximum absolute atomic E-state index is 12.7. The van der Waals surface area contributed by atoms with Gasteiger partial charge in [0.15, 0.2) is 11.5 Å². The fraction of sp³-hybridized carbons (Fsp3) is 0.579. The first kappa shape index (κ1) is 22.3. The average molecular weight is 430 g/mol. The minimum Gasteiger partial charge on any atom is -0.490 e. The largest absolute Gasteiger partial charge is 0.490 e. The Bertz CT molecular complexity index is 620. The Morgan fingerprint density at radius 1 is 1.12 bits per heavy atom. The zero-order valence-corrected chi connectivity index (χ0v) is 17.7. The summed E-state index contributed by atoms with van der Waals surface area (Å²) in [6, 6.07) is 3.65. The van der Waals surface area contributed by atoms with Crippen molar-refractivity contribution in [3.05, 3.63) is 22.2 Å². The van der Waals surface area contributed by atoms with Gasteiger partial charge in [0.25, 0.3) is 0 Å². The van der Waals surface area contributed by atoms with Gasteiger partial charge >= 0.3 is 5.97 Å². The molecule has 1 atom stereocenters. The lowest BCUT2D eigenvalue weighted by molar-refractivity contribution is -0.146. The molecule has 0 radical (unpaired) electrons. The molecule has 0 bridgehead atoms. The summed E-state index contributed by atoms with van der Waals surface area (Å²) in [5.41, 5.74) is 0.811. The molecule has 1 amide bonds. The molecular weight excluding hydrogens is 402 g/mol. The van der Waals surface area contributed by atoms with Crippen molar-refractivity contribution >= 4 is 27.8 Å². The average Bonchev–Trinajstić information content (AvgIpc) is 2.62. The quantitative estimate of drug-likeness (QED) is 0.532. The number of likely N-dealkylation sites (N-methyl/N-ethyl adjacent to an activating group) is 1. The van der Waals surface area contributed by atoms with E-state index in [0.717, 1.165) is 10.0 Å². The minimum absolute atomic E-state index is 0.0597. The summed E-state index contributed by atoms with van der Waals surface area (Å²) in [7, 11) is 1.35. The number of halogens is 1. The number of benzene rings is 1. The van der Waals surface area contributed by atoms with Crippen LogP contribution in [0.1, 0.15) is 33.3 Å². The van der Waals surface area contributed by atoms with Crippen LogP contribution in [-0.2, 0) is 20.7 Å². The van der Waals surface area contributed by atoms with Crippen LogP contribution in [0.3, 0.4) is 0 Å². The normalized spacial score (nSPS) is 11.6. The predicted octanol–water partition coefficient (Wildman–Crippen LogP) is 3.45. The smallest absolute Gasteiger partial charge is 0.310 e. The Labute approximate surface area is 163 Å². The number of carbonyl (C=O) groups excluding carboxylic acids is 2. The van der Waals surface area contributed by atoms with Gasteiger partial charge in [-0.1, -0.05) is 22.9 Å². The Hall–Kier alpha value is -1.76. The summed E-state index contributed by atoms with van der Waals surface area (Å²) < 4.78 is 16.7. The van der Waals surface area contributed by atoms with E-state index in [4.69, 9.17) is 14.2 Å². The molecule has 0 aromatic heterocycles. The first-order valence-corrected chi connectivity index (χ1v) is 9.60. The first-order valence-electron chi connectivity index (χ1n) is 8.81. The van der Waals surface area contributed by atoms with E-state index < -0.39 is 0 Å². The highest BCUT2D eigenvalue weighted by molar-refractivity contribution is 9.10. The molecule has 1 aromatic carbocycles. The van der Waals surface area contributed by atoms with Crippen LogP contribution in [0.15, 0.2) is 16.6 Å². The van der Waals surface area contributed by atoms with Gasteiger partial charge in [0.05, 0.1) is 32.7 Å². The highest BCUT2D eigenvalue weighted by Crippen LogP contribution is 2.34. The molecule has 6 nitrogen and oxygen atoms in total. The van der Waals surface area contributed by atoms with E-state index in [1.54, 1.807) is 11.8 Å². The summed E-state index contributed by atoms with van der Waals surface area (Å²) >= 11 is 3.51. The van der Waals surface area contributed by atoms with Crippen LogP contribution in [0.25, 0.3) is 0 Å². The van der Waals surface area contributed by atoms with Crippen LogP contribution in [0.4, 0.5) is 0 Å². The van der Waals surface area contributed by atoms with Crippen molar-refractivity contribution in [3.63, 3.8) is 0 Å².